The van der Waals surface area contributed by atoms with E-state index < -0.39 is 175 Å². The van der Waals surface area contributed by atoms with Crippen molar-refractivity contribution in [3.63, 3.8) is 0 Å². The highest BCUT2D eigenvalue weighted by Gasteiger charge is 2.44. The number of likely N-dealkylation sites (tertiary alicyclic amines) is 1. The van der Waals surface area contributed by atoms with Crippen LogP contribution in [0.15, 0.2) is 48.5 Å². The number of piperidine rings is 1. The molecule has 0 bridgehead atoms. The topological polar surface area (TPSA) is 347 Å². The summed E-state index contributed by atoms with van der Waals surface area (Å²) >= 11 is 0. The van der Waals surface area contributed by atoms with E-state index in [1.165, 1.54) is 83.0 Å². The number of carbonyl (C=O) groups excluding carboxylic acids is 13. The van der Waals surface area contributed by atoms with Crippen molar-refractivity contribution in [3.05, 3.63) is 65.2 Å². The number of hydrogen-bond acceptors (Lipinski definition) is 16. The second-order valence-electron chi connectivity index (χ2n) is 31.6. The summed E-state index contributed by atoms with van der Waals surface area (Å²) in [5.74, 6) is -10.6. The first-order chi connectivity index (χ1) is 50.6. The van der Waals surface area contributed by atoms with Gasteiger partial charge in [-0.1, -0.05) is 105 Å². The molecule has 1 unspecified atom stereocenters. The molecule has 13 amide bonds. The van der Waals surface area contributed by atoms with Crippen molar-refractivity contribution in [3.8, 4) is 5.75 Å². The van der Waals surface area contributed by atoms with Crippen LogP contribution in [0.2, 0.25) is 0 Å². The molecule has 2 fully saturated rings. The number of nitrogens with one attached hydrogen (secondary N) is 5. The summed E-state index contributed by atoms with van der Waals surface area (Å²) in [4.78, 5) is 204. The molecular weight excluding hydrogens is 1390 g/mol. The van der Waals surface area contributed by atoms with E-state index in [0.29, 0.717) is 49.9 Å². The molecule has 2 aliphatic heterocycles. The van der Waals surface area contributed by atoms with Gasteiger partial charge in [0.15, 0.2) is 0 Å². The maximum atomic E-state index is 15.5. The molecule has 6 N–H and O–H groups in total. The van der Waals surface area contributed by atoms with E-state index in [-0.39, 0.29) is 74.1 Å². The Morgan fingerprint density at radius 2 is 1.09 bits per heavy atom. The molecule has 604 valence electrons. The van der Waals surface area contributed by atoms with Crippen LogP contribution >= 0.6 is 0 Å². The fourth-order valence-electron chi connectivity index (χ4n) is 13.2. The highest BCUT2D eigenvalue weighted by atomic mass is 16.5. The quantitative estimate of drug-likeness (QED) is 0.104. The number of benzene rings is 2. The third kappa shape index (κ3) is 26.8. The second kappa shape index (κ2) is 42.9. The van der Waals surface area contributed by atoms with Crippen molar-refractivity contribution in [1.82, 2.24) is 65.8 Å². The maximum Gasteiger partial charge on any atom is 0.254 e. The summed E-state index contributed by atoms with van der Waals surface area (Å²) in [5.41, 5.74) is 0.597. The summed E-state index contributed by atoms with van der Waals surface area (Å²) in [6.07, 6.45) is 0.885. The predicted molar refractivity (Wildman–Crippen MR) is 410 cm³/mol. The van der Waals surface area contributed by atoms with Crippen molar-refractivity contribution in [1.29, 1.82) is 0 Å². The molecule has 0 spiro atoms. The highest BCUT2D eigenvalue weighted by Crippen LogP contribution is 2.26. The zero-order valence-corrected chi connectivity index (χ0v) is 68.1. The molecule has 29 nitrogen and oxygen atoms in total. The Kier molecular flexibility index (Phi) is 36.4. The van der Waals surface area contributed by atoms with E-state index in [0.717, 1.165) is 21.1 Å². The zero-order valence-electron chi connectivity index (χ0n) is 68.1. The molecule has 10 atom stereocenters. The molecule has 2 aromatic carbocycles. The number of amides is 13. The first kappa shape index (κ1) is 91.7. The van der Waals surface area contributed by atoms with Gasteiger partial charge in [0.05, 0.1) is 50.5 Å². The number of hydrogen-bond donors (Lipinski definition) is 6. The lowest BCUT2D eigenvalue weighted by atomic mass is 9.97. The normalized spacial score (nSPS) is 23.5. The Hall–Kier alpha value is -8.73. The molecule has 108 heavy (non-hydrogen) atoms. The molecule has 29 heteroatoms. The summed E-state index contributed by atoms with van der Waals surface area (Å²) in [5, 5.41) is 25.4. The van der Waals surface area contributed by atoms with E-state index in [9.17, 15) is 24.3 Å². The molecule has 4 rings (SSSR count). The van der Waals surface area contributed by atoms with Gasteiger partial charge >= 0.3 is 0 Å². The number of methoxy groups -OCH3 is 1. The van der Waals surface area contributed by atoms with E-state index in [1.807, 2.05) is 48.5 Å². The predicted octanol–water partition coefficient (Wildman–Crippen LogP) is 3.80. The van der Waals surface area contributed by atoms with Gasteiger partial charge < -0.3 is 80.4 Å². The van der Waals surface area contributed by atoms with Crippen molar-refractivity contribution in [2.45, 2.75) is 233 Å². The SMILES string of the molecule is CCCCN1CC(=O)N(C)C(Cc2ccccc2)C(=O)N(C)[C@@H](CC(C)C)C(=O)N[C@@H](COC(C)(C)C)C(=O)N(C)[C@@H](CC(C)C)C(=O)N[C@H](C(=O)N2CCCCC2)CC(=O)N(C)CC(=O)N(C)[C@@H](CCc2ccc(C(=O)NC)c(OC)c2)C(=O)N[C@@H](C(C)C)C(=O)N(C)[C@@H](CC(C)C)C(=O)N[C@@H]([C@@H](C)O)C1=O. The first-order valence-electron chi connectivity index (χ1n) is 38.2. The van der Waals surface area contributed by atoms with Crippen molar-refractivity contribution in [2.24, 2.45) is 23.7 Å². The van der Waals surface area contributed by atoms with Gasteiger partial charge in [0.25, 0.3) is 5.91 Å². The molecule has 0 saturated carbocycles. The Labute approximate surface area is 640 Å². The van der Waals surface area contributed by atoms with Crippen molar-refractivity contribution < 1.29 is 76.9 Å². The van der Waals surface area contributed by atoms with Gasteiger partial charge in [-0.3, -0.25) is 62.3 Å². The van der Waals surface area contributed by atoms with Crippen molar-refractivity contribution >= 4 is 76.8 Å². The van der Waals surface area contributed by atoms with E-state index in [2.05, 4.69) is 26.6 Å². The number of likely N-dealkylation sites (N-methyl/N-ethyl adjacent to an activating group) is 6. The van der Waals surface area contributed by atoms with Crippen LogP contribution in [-0.2, 0) is 75.1 Å². The van der Waals surface area contributed by atoms with Crippen LogP contribution in [-0.4, -0.2) is 283 Å². The van der Waals surface area contributed by atoms with Crippen LogP contribution in [0.25, 0.3) is 0 Å². The molecule has 2 aliphatic rings. The van der Waals surface area contributed by atoms with Crippen LogP contribution in [0.1, 0.15) is 176 Å². The second-order valence-corrected chi connectivity index (χ2v) is 31.6. The zero-order chi connectivity index (χ0) is 81.4. The third-order valence-corrected chi connectivity index (χ3v) is 19.9. The number of aliphatic hydroxyl groups is 1. The van der Waals surface area contributed by atoms with Crippen LogP contribution in [0.5, 0.6) is 5.75 Å². The van der Waals surface area contributed by atoms with E-state index in [1.54, 1.807) is 88.0 Å². The highest BCUT2D eigenvalue weighted by molar-refractivity contribution is 6.00. The Balaban J connectivity index is 2.02. The Morgan fingerprint density at radius 1 is 0.583 bits per heavy atom. The van der Waals surface area contributed by atoms with E-state index in [4.69, 9.17) is 9.47 Å². The minimum absolute atomic E-state index is 0.0233. The lowest BCUT2D eigenvalue weighted by molar-refractivity contribution is -0.151. The minimum atomic E-state index is -1.69. The molecular formula is C79H127N13O16. The molecule has 2 heterocycles. The maximum absolute atomic E-state index is 15.5. The van der Waals surface area contributed by atoms with Gasteiger partial charge in [0.2, 0.25) is 70.9 Å². The number of carbonyl (C=O) groups is 13. The average molecular weight is 1510 g/mol. The number of nitrogens with zero attached hydrogens (tertiary/aromatic N) is 8. The van der Waals surface area contributed by atoms with Crippen molar-refractivity contribution in [2.75, 3.05) is 95.8 Å². The van der Waals surface area contributed by atoms with Crippen LogP contribution in [0.3, 0.4) is 0 Å². The van der Waals surface area contributed by atoms with Crippen LogP contribution < -0.4 is 31.3 Å². The van der Waals surface area contributed by atoms with Crippen LogP contribution in [0.4, 0.5) is 0 Å². The Morgan fingerprint density at radius 3 is 1.61 bits per heavy atom. The largest absolute Gasteiger partial charge is 0.496 e. The molecule has 2 aromatic rings. The lowest BCUT2D eigenvalue weighted by Crippen LogP contribution is -2.62. The fraction of sp³-hybridized carbons (Fsp3) is 0.684. The molecule has 0 aliphatic carbocycles. The lowest BCUT2D eigenvalue weighted by Gasteiger charge is -2.38. The van der Waals surface area contributed by atoms with Gasteiger partial charge in [-0.15, -0.1) is 0 Å². The number of aliphatic hydroxyl groups excluding tert-OH is 1. The smallest absolute Gasteiger partial charge is 0.254 e. The van der Waals surface area contributed by atoms with Gasteiger partial charge in [-0.05, 0) is 132 Å². The number of aryl methyl sites for hydroxylation is 1. The minimum Gasteiger partial charge on any atom is -0.496 e. The average Bonchev–Trinajstić information content (AvgIpc) is 0.820. The monoisotopic (exact) mass is 1510 g/mol. The molecule has 0 aromatic heterocycles. The summed E-state index contributed by atoms with van der Waals surface area (Å²) in [7, 11) is 11.2. The standard InChI is InChI=1S/C79H127N13O16/c1-22-23-36-92-46-66(96)87(17)62(42-53-30-26-24-27-31-53)76(104)89(19)60(40-49(4)5)72(100)82-57(47-108-79(11,12)13)74(102)88(18)59(39-48(2)3)71(99)81-56(75(103)91-37-28-25-29-38-91)44-64(94)85(15)45-65(95)86(16)58(35-33-54-32-34-55(69(97)80-14)63(43-54)107-21)70(98)83-67(51(8)9)77(105)90(20)61(41-50(6)7)73(101)84-68(52(10)93)78(92)106/h24,26-27,30-32,34,43,48-52,56-62,67-68,93H,22-23,25,28-29,33,35-42,44-47H2,1-21H3,(H,80,97)(H,81,99)(H,82,100)(H,83,98)(H,84,101)/t52-,56+,57+,58+,59+,60+,61+,62?,67+,68+/m1/s1. The van der Waals surface area contributed by atoms with E-state index >= 15 is 43.2 Å². The number of ether oxygens (including phenoxy) is 2. The summed E-state index contributed by atoms with van der Waals surface area (Å²) in [6.45, 7) is 21.7. The Bertz CT molecular complexity index is 3390. The van der Waals surface area contributed by atoms with Gasteiger partial charge in [-0.2, -0.15) is 0 Å². The third-order valence-electron chi connectivity index (χ3n) is 19.9. The first-order valence-corrected chi connectivity index (χ1v) is 38.2. The van der Waals surface area contributed by atoms with Gasteiger partial charge in [0.1, 0.15) is 60.1 Å². The fourth-order valence-corrected chi connectivity index (χ4v) is 13.2. The molecule has 0 radical (unpaired) electrons. The summed E-state index contributed by atoms with van der Waals surface area (Å²) in [6, 6.07) is 1.000. The van der Waals surface area contributed by atoms with Crippen LogP contribution in [0, 0.1) is 23.7 Å². The number of unbranched alkanes of at least 4 members (excludes halogenated alkanes) is 1. The number of rotatable bonds is 21. The molecule has 2 saturated heterocycles. The van der Waals surface area contributed by atoms with Gasteiger partial charge in [0, 0.05) is 75.4 Å². The van der Waals surface area contributed by atoms with Gasteiger partial charge in [-0.25, -0.2) is 0 Å². The summed E-state index contributed by atoms with van der Waals surface area (Å²) < 4.78 is 11.8.